The summed E-state index contributed by atoms with van der Waals surface area (Å²) in [6.45, 7) is 3.09. The average molecular weight is 177 g/mol. The molecule has 3 heteroatoms. The van der Waals surface area contributed by atoms with Crippen LogP contribution < -0.4 is 0 Å². The van der Waals surface area contributed by atoms with Gasteiger partial charge in [0.05, 0.1) is 17.9 Å². The molecule has 0 amide bonds. The SMILES string of the molecule is CCOC(=O)c1ccn2c1C=CC2. The zero-order valence-electron chi connectivity index (χ0n) is 7.49. The fraction of sp³-hybridized carbons (Fsp3) is 0.300. The Bertz CT molecular complexity index is 363. The summed E-state index contributed by atoms with van der Waals surface area (Å²) in [6.07, 6.45) is 5.88. The van der Waals surface area contributed by atoms with E-state index in [2.05, 4.69) is 0 Å². The molecule has 1 aliphatic rings. The normalized spacial score (nSPS) is 13.0. The van der Waals surface area contributed by atoms with Gasteiger partial charge in [-0.1, -0.05) is 6.08 Å². The van der Waals surface area contributed by atoms with Crippen molar-refractivity contribution in [1.29, 1.82) is 0 Å². The number of esters is 1. The number of carbonyl (C=O) groups is 1. The third-order valence-corrected chi connectivity index (χ3v) is 2.08. The molecule has 68 valence electrons. The van der Waals surface area contributed by atoms with Crippen molar-refractivity contribution in [1.82, 2.24) is 4.57 Å². The first-order chi connectivity index (χ1) is 6.33. The number of fused-ring (bicyclic) bond motifs is 1. The molecule has 1 aromatic rings. The molecule has 13 heavy (non-hydrogen) atoms. The molecule has 0 atom stereocenters. The van der Waals surface area contributed by atoms with E-state index < -0.39 is 0 Å². The highest BCUT2D eigenvalue weighted by molar-refractivity contribution is 5.93. The Morgan fingerprint density at radius 2 is 2.54 bits per heavy atom. The second kappa shape index (κ2) is 3.09. The summed E-state index contributed by atoms with van der Waals surface area (Å²) in [4.78, 5) is 11.4. The van der Waals surface area contributed by atoms with E-state index in [0.717, 1.165) is 12.2 Å². The van der Waals surface area contributed by atoms with Crippen LogP contribution in [0.3, 0.4) is 0 Å². The van der Waals surface area contributed by atoms with Gasteiger partial charge in [0.15, 0.2) is 0 Å². The van der Waals surface area contributed by atoms with E-state index in [-0.39, 0.29) is 5.97 Å². The van der Waals surface area contributed by atoms with Crippen LogP contribution in [0, 0.1) is 0 Å². The van der Waals surface area contributed by atoms with Gasteiger partial charge in [0.1, 0.15) is 0 Å². The number of aromatic nitrogens is 1. The first-order valence-electron chi connectivity index (χ1n) is 4.35. The quantitative estimate of drug-likeness (QED) is 0.644. The highest BCUT2D eigenvalue weighted by Gasteiger charge is 2.16. The molecule has 0 bridgehead atoms. The molecule has 1 aromatic heterocycles. The molecule has 0 spiro atoms. The number of carbonyl (C=O) groups excluding carboxylic acids is 1. The van der Waals surface area contributed by atoms with Gasteiger partial charge in [-0.15, -0.1) is 0 Å². The van der Waals surface area contributed by atoms with Gasteiger partial charge in [0.25, 0.3) is 0 Å². The Labute approximate surface area is 76.6 Å². The van der Waals surface area contributed by atoms with Crippen LogP contribution in [-0.2, 0) is 11.3 Å². The molecular weight excluding hydrogens is 166 g/mol. The maximum absolute atomic E-state index is 11.4. The van der Waals surface area contributed by atoms with Crippen molar-refractivity contribution in [3.63, 3.8) is 0 Å². The minimum absolute atomic E-state index is 0.234. The fourth-order valence-electron chi connectivity index (χ4n) is 1.49. The molecule has 0 aliphatic carbocycles. The van der Waals surface area contributed by atoms with Crippen LogP contribution >= 0.6 is 0 Å². The number of ether oxygens (including phenoxy) is 1. The first-order valence-corrected chi connectivity index (χ1v) is 4.35. The zero-order valence-corrected chi connectivity index (χ0v) is 7.49. The predicted octanol–water partition coefficient (Wildman–Crippen LogP) is 1.69. The maximum atomic E-state index is 11.4. The van der Waals surface area contributed by atoms with Gasteiger partial charge >= 0.3 is 5.97 Å². The summed E-state index contributed by atoms with van der Waals surface area (Å²) >= 11 is 0. The molecule has 0 aromatic carbocycles. The van der Waals surface area contributed by atoms with Gasteiger partial charge < -0.3 is 9.30 Å². The lowest BCUT2D eigenvalue weighted by molar-refractivity contribution is 0.0526. The largest absolute Gasteiger partial charge is 0.462 e. The standard InChI is InChI=1S/C10H11NO2/c1-2-13-10(12)8-5-7-11-6-3-4-9(8)11/h3-5,7H,2,6H2,1H3. The summed E-state index contributed by atoms with van der Waals surface area (Å²) in [7, 11) is 0. The zero-order chi connectivity index (χ0) is 9.26. The van der Waals surface area contributed by atoms with Crippen LogP contribution in [0.1, 0.15) is 23.0 Å². The number of allylic oxidation sites excluding steroid dienone is 1. The highest BCUT2D eigenvalue weighted by atomic mass is 16.5. The van der Waals surface area contributed by atoms with E-state index in [1.54, 1.807) is 6.07 Å². The second-order valence-corrected chi connectivity index (χ2v) is 2.89. The third kappa shape index (κ3) is 1.26. The van der Waals surface area contributed by atoms with Gasteiger partial charge in [-0.25, -0.2) is 4.79 Å². The Kier molecular flexibility index (Phi) is 1.93. The Morgan fingerprint density at radius 3 is 3.31 bits per heavy atom. The average Bonchev–Trinajstić information content (AvgIpc) is 2.62. The van der Waals surface area contributed by atoms with E-state index >= 15 is 0 Å². The van der Waals surface area contributed by atoms with Crippen molar-refractivity contribution in [2.75, 3.05) is 6.61 Å². The van der Waals surface area contributed by atoms with E-state index in [0.29, 0.717) is 12.2 Å². The lowest BCUT2D eigenvalue weighted by atomic mass is 10.2. The summed E-state index contributed by atoms with van der Waals surface area (Å²) in [5, 5.41) is 0. The van der Waals surface area contributed by atoms with Crippen molar-refractivity contribution in [2.24, 2.45) is 0 Å². The molecule has 0 radical (unpaired) electrons. The van der Waals surface area contributed by atoms with Gasteiger partial charge in [0, 0.05) is 12.7 Å². The summed E-state index contributed by atoms with van der Waals surface area (Å²) < 4.78 is 6.95. The molecule has 2 heterocycles. The van der Waals surface area contributed by atoms with Crippen molar-refractivity contribution in [3.8, 4) is 0 Å². The van der Waals surface area contributed by atoms with Gasteiger partial charge in [0.2, 0.25) is 0 Å². The molecule has 3 nitrogen and oxygen atoms in total. The number of rotatable bonds is 2. The highest BCUT2D eigenvalue weighted by Crippen LogP contribution is 2.18. The Hall–Kier alpha value is -1.51. The van der Waals surface area contributed by atoms with Crippen LogP contribution in [0.15, 0.2) is 18.3 Å². The summed E-state index contributed by atoms with van der Waals surface area (Å²) in [6, 6.07) is 1.80. The molecule has 1 aliphatic heterocycles. The molecule has 2 rings (SSSR count). The van der Waals surface area contributed by atoms with Gasteiger partial charge in [-0.3, -0.25) is 0 Å². The van der Waals surface area contributed by atoms with Crippen molar-refractivity contribution in [3.05, 3.63) is 29.6 Å². The molecule has 0 saturated heterocycles. The first kappa shape index (κ1) is 8.10. The summed E-state index contributed by atoms with van der Waals surface area (Å²) in [5.74, 6) is -0.234. The smallest absolute Gasteiger partial charge is 0.340 e. The van der Waals surface area contributed by atoms with Gasteiger partial charge in [-0.05, 0) is 19.1 Å². The lowest BCUT2D eigenvalue weighted by Crippen LogP contribution is -2.05. The minimum atomic E-state index is -0.234. The van der Waals surface area contributed by atoms with E-state index in [4.69, 9.17) is 4.74 Å². The second-order valence-electron chi connectivity index (χ2n) is 2.89. The fourth-order valence-corrected chi connectivity index (χ4v) is 1.49. The number of hydrogen-bond acceptors (Lipinski definition) is 2. The maximum Gasteiger partial charge on any atom is 0.340 e. The number of hydrogen-bond donors (Lipinski definition) is 0. The Morgan fingerprint density at radius 1 is 1.69 bits per heavy atom. The number of nitrogens with zero attached hydrogens (tertiary/aromatic N) is 1. The topological polar surface area (TPSA) is 31.2 Å². The summed E-state index contributed by atoms with van der Waals surface area (Å²) in [5.41, 5.74) is 1.62. The van der Waals surface area contributed by atoms with Crippen molar-refractivity contribution >= 4 is 12.0 Å². The molecular formula is C10H11NO2. The van der Waals surface area contributed by atoms with Crippen LogP contribution in [0.25, 0.3) is 6.08 Å². The van der Waals surface area contributed by atoms with Crippen LogP contribution in [0.5, 0.6) is 0 Å². The van der Waals surface area contributed by atoms with E-state index in [1.165, 1.54) is 0 Å². The third-order valence-electron chi connectivity index (χ3n) is 2.08. The monoisotopic (exact) mass is 177 g/mol. The van der Waals surface area contributed by atoms with E-state index in [1.807, 2.05) is 29.8 Å². The van der Waals surface area contributed by atoms with Crippen LogP contribution in [0.4, 0.5) is 0 Å². The minimum Gasteiger partial charge on any atom is -0.462 e. The molecule has 0 N–H and O–H groups in total. The van der Waals surface area contributed by atoms with Crippen molar-refractivity contribution < 1.29 is 9.53 Å². The molecule has 0 saturated carbocycles. The van der Waals surface area contributed by atoms with Crippen molar-refractivity contribution in [2.45, 2.75) is 13.5 Å². The van der Waals surface area contributed by atoms with E-state index in [9.17, 15) is 4.79 Å². The molecule has 0 unspecified atom stereocenters. The molecule has 0 fully saturated rings. The predicted molar refractivity (Wildman–Crippen MR) is 49.4 cm³/mol. The Balaban J connectivity index is 2.31. The lowest BCUT2D eigenvalue weighted by Gasteiger charge is -2.00. The van der Waals surface area contributed by atoms with Gasteiger partial charge in [-0.2, -0.15) is 0 Å². The van der Waals surface area contributed by atoms with Crippen LogP contribution in [-0.4, -0.2) is 17.1 Å². The van der Waals surface area contributed by atoms with Crippen LogP contribution in [0.2, 0.25) is 0 Å².